The van der Waals surface area contributed by atoms with Gasteiger partial charge in [-0.2, -0.15) is 5.10 Å². The van der Waals surface area contributed by atoms with Gasteiger partial charge < -0.3 is 14.9 Å². The van der Waals surface area contributed by atoms with Crippen molar-refractivity contribution in [2.24, 2.45) is 0 Å². The topological polar surface area (TPSA) is 70.3 Å². The molecule has 0 bridgehead atoms. The Labute approximate surface area is 168 Å². The number of benzene rings is 2. The van der Waals surface area contributed by atoms with Crippen molar-refractivity contribution in [3.05, 3.63) is 67.1 Å². The fourth-order valence-corrected chi connectivity index (χ4v) is 4.06. The molecule has 0 aliphatic carbocycles. The van der Waals surface area contributed by atoms with Crippen LogP contribution in [0.25, 0.3) is 16.7 Å². The van der Waals surface area contributed by atoms with E-state index in [-0.39, 0.29) is 6.04 Å². The van der Waals surface area contributed by atoms with Crippen molar-refractivity contribution in [1.82, 2.24) is 19.7 Å². The van der Waals surface area contributed by atoms with Crippen LogP contribution < -0.4 is 9.80 Å². The lowest BCUT2D eigenvalue weighted by atomic mass is 10.1. The summed E-state index contributed by atoms with van der Waals surface area (Å²) in [5.41, 5.74) is 2.66. The van der Waals surface area contributed by atoms with Gasteiger partial charge in [0.05, 0.1) is 23.0 Å². The second-order valence-corrected chi connectivity index (χ2v) is 7.30. The number of fused-ring (bicyclic) bond motifs is 1. The van der Waals surface area contributed by atoms with Gasteiger partial charge in [0.25, 0.3) is 0 Å². The van der Waals surface area contributed by atoms with Crippen molar-refractivity contribution in [2.45, 2.75) is 13.0 Å². The summed E-state index contributed by atoms with van der Waals surface area (Å²) in [6, 6.07) is 17.7. The second-order valence-electron chi connectivity index (χ2n) is 7.30. The van der Waals surface area contributed by atoms with Crippen molar-refractivity contribution in [3.8, 4) is 11.4 Å². The van der Waals surface area contributed by atoms with Crippen LogP contribution in [0.1, 0.15) is 6.92 Å². The summed E-state index contributed by atoms with van der Waals surface area (Å²) in [6.45, 7) is 4.58. The first-order valence-corrected chi connectivity index (χ1v) is 9.76. The summed E-state index contributed by atoms with van der Waals surface area (Å²) in [7, 11) is 0. The molecule has 4 aromatic rings. The van der Waals surface area contributed by atoms with Gasteiger partial charge in [-0.3, -0.25) is 0 Å². The molecule has 1 N–H and O–H groups in total. The number of rotatable bonds is 3. The maximum Gasteiger partial charge on any atom is 0.168 e. The molecule has 2 aromatic carbocycles. The summed E-state index contributed by atoms with van der Waals surface area (Å²) in [6.07, 6.45) is 3.45. The first-order chi connectivity index (χ1) is 14.2. The van der Waals surface area contributed by atoms with E-state index in [0.29, 0.717) is 5.75 Å². The molecule has 0 radical (unpaired) electrons. The van der Waals surface area contributed by atoms with E-state index in [0.717, 1.165) is 47.9 Å². The predicted molar refractivity (Wildman–Crippen MR) is 114 cm³/mol. The Bertz CT molecular complexity index is 1140. The number of hydrogen-bond acceptors (Lipinski definition) is 6. The standard InChI is InChI=1S/C22H22N6O/c1-16-14-26(11-12-27(16)19-9-5-6-10-20(19)29)21-18-13-25-28(22(18)24-15-23-21)17-7-3-2-4-8-17/h2-10,13,15-16,29H,11-12,14H2,1H3. The van der Waals surface area contributed by atoms with Crippen molar-refractivity contribution < 1.29 is 5.11 Å². The molecule has 1 atom stereocenters. The van der Waals surface area contributed by atoms with Gasteiger partial charge in [-0.25, -0.2) is 14.6 Å². The SMILES string of the molecule is CC1CN(c2ncnc3c2cnn3-c2ccccc2)CCN1c1ccccc1O. The fraction of sp³-hybridized carbons (Fsp3) is 0.227. The molecule has 29 heavy (non-hydrogen) atoms. The number of phenols is 1. The van der Waals surface area contributed by atoms with Crippen molar-refractivity contribution in [1.29, 1.82) is 0 Å². The molecule has 1 fully saturated rings. The molecule has 0 amide bonds. The molecule has 2 aromatic heterocycles. The van der Waals surface area contributed by atoms with E-state index in [2.05, 4.69) is 31.8 Å². The average Bonchev–Trinajstić information content (AvgIpc) is 3.19. The average molecular weight is 386 g/mol. The van der Waals surface area contributed by atoms with E-state index in [4.69, 9.17) is 0 Å². The highest BCUT2D eigenvalue weighted by Crippen LogP contribution is 2.32. The van der Waals surface area contributed by atoms with Gasteiger partial charge in [0.2, 0.25) is 0 Å². The lowest BCUT2D eigenvalue weighted by Gasteiger charge is -2.42. The molecule has 1 unspecified atom stereocenters. The van der Waals surface area contributed by atoms with Crippen molar-refractivity contribution in [3.63, 3.8) is 0 Å². The van der Waals surface area contributed by atoms with Crippen LogP contribution in [0.3, 0.4) is 0 Å². The van der Waals surface area contributed by atoms with Crippen LogP contribution in [-0.2, 0) is 0 Å². The number of hydrogen-bond donors (Lipinski definition) is 1. The van der Waals surface area contributed by atoms with E-state index < -0.39 is 0 Å². The number of aromatic hydroxyl groups is 1. The quantitative estimate of drug-likeness (QED) is 0.583. The van der Waals surface area contributed by atoms with Crippen molar-refractivity contribution in [2.75, 3.05) is 29.4 Å². The maximum atomic E-state index is 10.2. The van der Waals surface area contributed by atoms with E-state index in [1.165, 1.54) is 0 Å². The molecule has 3 heterocycles. The third-order valence-corrected chi connectivity index (χ3v) is 5.46. The Morgan fingerprint density at radius 2 is 1.76 bits per heavy atom. The molecule has 1 aliphatic rings. The van der Waals surface area contributed by atoms with Gasteiger partial charge >= 0.3 is 0 Å². The molecular formula is C22H22N6O. The molecule has 7 heteroatoms. The highest BCUT2D eigenvalue weighted by Gasteiger charge is 2.27. The van der Waals surface area contributed by atoms with Crippen LogP contribution in [0.2, 0.25) is 0 Å². The zero-order chi connectivity index (χ0) is 19.8. The van der Waals surface area contributed by atoms with E-state index >= 15 is 0 Å². The minimum absolute atomic E-state index is 0.228. The van der Waals surface area contributed by atoms with Gasteiger partial charge in [0.1, 0.15) is 17.9 Å². The Kier molecular flexibility index (Phi) is 4.27. The molecular weight excluding hydrogens is 364 g/mol. The normalized spacial score (nSPS) is 17.1. The van der Waals surface area contributed by atoms with Crippen LogP contribution in [0, 0.1) is 0 Å². The minimum atomic E-state index is 0.228. The number of anilines is 2. The molecule has 146 valence electrons. The Hall–Kier alpha value is -3.61. The van der Waals surface area contributed by atoms with Gasteiger partial charge in [0.15, 0.2) is 5.65 Å². The Morgan fingerprint density at radius 1 is 0.966 bits per heavy atom. The van der Waals surface area contributed by atoms with Gasteiger partial charge in [0, 0.05) is 25.7 Å². The summed E-state index contributed by atoms with van der Waals surface area (Å²) in [5, 5.41) is 15.7. The third-order valence-electron chi connectivity index (χ3n) is 5.46. The van der Waals surface area contributed by atoms with Gasteiger partial charge in [-0.15, -0.1) is 0 Å². The first kappa shape index (κ1) is 17.5. The lowest BCUT2D eigenvalue weighted by Crippen LogP contribution is -2.52. The molecule has 0 spiro atoms. The Morgan fingerprint density at radius 3 is 2.55 bits per heavy atom. The summed E-state index contributed by atoms with van der Waals surface area (Å²) >= 11 is 0. The van der Waals surface area contributed by atoms with E-state index in [9.17, 15) is 5.11 Å². The fourth-order valence-electron chi connectivity index (χ4n) is 4.06. The predicted octanol–water partition coefficient (Wildman–Crippen LogP) is 3.24. The number of para-hydroxylation sites is 3. The number of nitrogens with zero attached hydrogens (tertiary/aromatic N) is 6. The van der Waals surface area contributed by atoms with Crippen LogP contribution in [0.5, 0.6) is 5.75 Å². The highest BCUT2D eigenvalue weighted by atomic mass is 16.3. The zero-order valence-electron chi connectivity index (χ0n) is 16.2. The summed E-state index contributed by atoms with van der Waals surface area (Å²) < 4.78 is 1.85. The Balaban J connectivity index is 1.45. The van der Waals surface area contributed by atoms with E-state index in [1.807, 2.05) is 59.4 Å². The molecule has 1 aliphatic heterocycles. The van der Waals surface area contributed by atoms with Crippen molar-refractivity contribution >= 4 is 22.5 Å². The van der Waals surface area contributed by atoms with Crippen LogP contribution in [-0.4, -0.2) is 50.5 Å². The smallest absolute Gasteiger partial charge is 0.168 e. The molecule has 5 rings (SSSR count). The van der Waals surface area contributed by atoms with Crippen LogP contribution >= 0.6 is 0 Å². The van der Waals surface area contributed by atoms with Gasteiger partial charge in [-0.1, -0.05) is 30.3 Å². The highest BCUT2D eigenvalue weighted by molar-refractivity contribution is 5.87. The summed E-state index contributed by atoms with van der Waals surface area (Å²) in [4.78, 5) is 13.6. The lowest BCUT2D eigenvalue weighted by molar-refractivity contribution is 0.465. The van der Waals surface area contributed by atoms with Crippen LogP contribution in [0.4, 0.5) is 11.5 Å². The first-order valence-electron chi connectivity index (χ1n) is 9.76. The number of phenolic OH excluding ortho intramolecular Hbond substituents is 1. The zero-order valence-corrected chi connectivity index (χ0v) is 16.2. The number of piperazine rings is 1. The third kappa shape index (κ3) is 3.04. The maximum absolute atomic E-state index is 10.2. The molecule has 7 nitrogen and oxygen atoms in total. The molecule has 1 saturated heterocycles. The minimum Gasteiger partial charge on any atom is -0.506 e. The second kappa shape index (κ2) is 7.09. The number of aromatic nitrogens is 4. The van der Waals surface area contributed by atoms with E-state index in [1.54, 1.807) is 12.4 Å². The van der Waals surface area contributed by atoms with Gasteiger partial charge in [-0.05, 0) is 31.2 Å². The molecule has 0 saturated carbocycles. The largest absolute Gasteiger partial charge is 0.506 e. The van der Waals surface area contributed by atoms with Crippen LogP contribution in [0.15, 0.2) is 67.1 Å². The summed E-state index contributed by atoms with van der Waals surface area (Å²) in [5.74, 6) is 1.22. The monoisotopic (exact) mass is 386 g/mol.